The lowest BCUT2D eigenvalue weighted by atomic mass is 9.93. The highest BCUT2D eigenvalue weighted by Crippen LogP contribution is 2.19. The average molecular weight is 346 g/mol. The van der Waals surface area contributed by atoms with Crippen molar-refractivity contribution in [3.63, 3.8) is 0 Å². The molecule has 3 N–H and O–H groups in total. The normalized spacial score (nSPS) is 14.8. The molecule has 0 aliphatic heterocycles. The van der Waals surface area contributed by atoms with Crippen molar-refractivity contribution in [2.24, 2.45) is 5.92 Å². The van der Waals surface area contributed by atoms with E-state index in [1.165, 1.54) is 0 Å². The van der Waals surface area contributed by atoms with Gasteiger partial charge in [-0.3, -0.25) is 0 Å². The van der Waals surface area contributed by atoms with Crippen LogP contribution in [0, 0.1) is 5.92 Å². The van der Waals surface area contributed by atoms with Crippen LogP contribution in [0.25, 0.3) is 11.4 Å². The summed E-state index contributed by atoms with van der Waals surface area (Å²) in [4.78, 5) is 16.3. The van der Waals surface area contributed by atoms with Crippen LogP contribution < -0.4 is 10.6 Å². The summed E-state index contributed by atoms with van der Waals surface area (Å²) in [6, 6.07) is 9.22. The SMILES string of the molecule is CC(CNC(=O)NCC(C)(O)C(C)C)c1nc(-c2ccccc2)no1. The molecule has 7 heteroatoms. The van der Waals surface area contributed by atoms with Crippen LogP contribution in [0.5, 0.6) is 0 Å². The molecule has 25 heavy (non-hydrogen) atoms. The predicted molar refractivity (Wildman–Crippen MR) is 95.0 cm³/mol. The molecule has 0 radical (unpaired) electrons. The molecule has 1 aromatic carbocycles. The maximum atomic E-state index is 11.9. The van der Waals surface area contributed by atoms with Crippen molar-refractivity contribution in [3.05, 3.63) is 36.2 Å². The number of urea groups is 1. The molecule has 0 spiro atoms. The van der Waals surface area contributed by atoms with Crippen LogP contribution in [-0.4, -0.2) is 40.0 Å². The molecule has 2 rings (SSSR count). The summed E-state index contributed by atoms with van der Waals surface area (Å²) < 4.78 is 5.29. The van der Waals surface area contributed by atoms with Crippen LogP contribution in [0.2, 0.25) is 0 Å². The lowest BCUT2D eigenvalue weighted by molar-refractivity contribution is 0.0166. The third kappa shape index (κ3) is 5.29. The van der Waals surface area contributed by atoms with Gasteiger partial charge in [-0.2, -0.15) is 4.98 Å². The van der Waals surface area contributed by atoms with E-state index < -0.39 is 5.60 Å². The van der Waals surface area contributed by atoms with Gasteiger partial charge < -0.3 is 20.3 Å². The van der Waals surface area contributed by atoms with Crippen molar-refractivity contribution in [2.75, 3.05) is 13.1 Å². The Hall–Kier alpha value is -2.41. The van der Waals surface area contributed by atoms with E-state index in [0.29, 0.717) is 18.3 Å². The van der Waals surface area contributed by atoms with E-state index in [-0.39, 0.29) is 24.4 Å². The Morgan fingerprint density at radius 1 is 1.24 bits per heavy atom. The Bertz CT molecular complexity index is 683. The second-order valence-corrected chi connectivity index (χ2v) is 6.80. The topological polar surface area (TPSA) is 100 Å². The first-order valence-electron chi connectivity index (χ1n) is 8.42. The molecule has 2 aromatic rings. The zero-order valence-electron chi connectivity index (χ0n) is 15.1. The highest BCUT2D eigenvalue weighted by Gasteiger charge is 2.25. The molecule has 0 fully saturated rings. The fourth-order valence-electron chi connectivity index (χ4n) is 2.00. The first kappa shape index (κ1) is 18.9. The quantitative estimate of drug-likeness (QED) is 0.715. The minimum absolute atomic E-state index is 0.0431. The van der Waals surface area contributed by atoms with E-state index in [9.17, 15) is 9.90 Å². The van der Waals surface area contributed by atoms with E-state index in [0.717, 1.165) is 5.56 Å². The van der Waals surface area contributed by atoms with Gasteiger partial charge in [0.2, 0.25) is 11.7 Å². The monoisotopic (exact) mass is 346 g/mol. The number of hydrogen-bond acceptors (Lipinski definition) is 5. The number of aliphatic hydroxyl groups is 1. The summed E-state index contributed by atoms with van der Waals surface area (Å²) in [5.41, 5.74) is -0.0636. The van der Waals surface area contributed by atoms with Gasteiger partial charge in [0.1, 0.15) is 0 Å². The molecule has 2 amide bonds. The van der Waals surface area contributed by atoms with Gasteiger partial charge in [0, 0.05) is 18.7 Å². The van der Waals surface area contributed by atoms with E-state index >= 15 is 0 Å². The molecule has 0 aliphatic rings. The van der Waals surface area contributed by atoms with Crippen molar-refractivity contribution in [1.29, 1.82) is 0 Å². The number of carbonyl (C=O) groups excluding carboxylic acids is 1. The fraction of sp³-hybridized carbons (Fsp3) is 0.500. The standard InChI is InChI=1S/C18H26N4O3/c1-12(2)18(4,24)11-20-17(23)19-10-13(3)16-21-15(22-25-16)14-8-6-5-7-9-14/h5-9,12-13,24H,10-11H2,1-4H3,(H2,19,20,23). The van der Waals surface area contributed by atoms with E-state index in [2.05, 4.69) is 20.8 Å². The molecule has 0 bridgehead atoms. The molecule has 1 aromatic heterocycles. The van der Waals surface area contributed by atoms with E-state index in [4.69, 9.17) is 4.52 Å². The van der Waals surface area contributed by atoms with Crippen molar-refractivity contribution in [1.82, 2.24) is 20.8 Å². The van der Waals surface area contributed by atoms with Gasteiger partial charge in [0.05, 0.1) is 11.5 Å². The molecule has 0 aliphatic carbocycles. The van der Waals surface area contributed by atoms with Gasteiger partial charge in [-0.25, -0.2) is 4.79 Å². The number of nitrogens with one attached hydrogen (secondary N) is 2. The highest BCUT2D eigenvalue weighted by molar-refractivity contribution is 5.73. The third-order valence-electron chi connectivity index (χ3n) is 4.31. The highest BCUT2D eigenvalue weighted by atomic mass is 16.5. The zero-order valence-corrected chi connectivity index (χ0v) is 15.1. The fourth-order valence-corrected chi connectivity index (χ4v) is 2.00. The zero-order chi connectivity index (χ0) is 18.4. The van der Waals surface area contributed by atoms with Crippen molar-refractivity contribution < 1.29 is 14.4 Å². The molecule has 2 atom stereocenters. The molecule has 0 saturated carbocycles. The molecule has 2 unspecified atom stereocenters. The number of carbonyl (C=O) groups is 1. The first-order chi connectivity index (χ1) is 11.8. The summed E-state index contributed by atoms with van der Waals surface area (Å²) in [7, 11) is 0. The predicted octanol–water partition coefficient (Wildman–Crippen LogP) is 2.55. The minimum atomic E-state index is -0.944. The average Bonchev–Trinajstić information content (AvgIpc) is 3.08. The largest absolute Gasteiger partial charge is 0.388 e. The summed E-state index contributed by atoms with van der Waals surface area (Å²) in [6.07, 6.45) is 0. The number of hydrogen-bond donors (Lipinski definition) is 3. The van der Waals surface area contributed by atoms with E-state index in [1.54, 1.807) is 6.92 Å². The Balaban J connectivity index is 1.83. The molecule has 136 valence electrons. The summed E-state index contributed by atoms with van der Waals surface area (Å²) in [5.74, 6) is 0.913. The van der Waals surface area contributed by atoms with Crippen molar-refractivity contribution in [3.8, 4) is 11.4 Å². The van der Waals surface area contributed by atoms with Crippen LogP contribution in [0.3, 0.4) is 0 Å². The molecule has 7 nitrogen and oxygen atoms in total. The lowest BCUT2D eigenvalue weighted by Gasteiger charge is -2.27. The summed E-state index contributed by atoms with van der Waals surface area (Å²) in [6.45, 7) is 7.94. The number of rotatable bonds is 7. The molecular formula is C18H26N4O3. The van der Waals surface area contributed by atoms with Crippen molar-refractivity contribution in [2.45, 2.75) is 39.2 Å². The van der Waals surface area contributed by atoms with Gasteiger partial charge in [0.15, 0.2) is 0 Å². The number of amides is 2. The molecule has 0 saturated heterocycles. The Morgan fingerprint density at radius 3 is 2.56 bits per heavy atom. The first-order valence-corrected chi connectivity index (χ1v) is 8.42. The lowest BCUT2D eigenvalue weighted by Crippen LogP contribution is -2.47. The van der Waals surface area contributed by atoms with Crippen molar-refractivity contribution >= 4 is 6.03 Å². The van der Waals surface area contributed by atoms with Crippen LogP contribution >= 0.6 is 0 Å². The summed E-state index contributed by atoms with van der Waals surface area (Å²) >= 11 is 0. The van der Waals surface area contributed by atoms with Gasteiger partial charge in [0.25, 0.3) is 0 Å². The second kappa shape index (κ2) is 8.11. The number of nitrogens with zero attached hydrogens (tertiary/aromatic N) is 2. The minimum Gasteiger partial charge on any atom is -0.388 e. The smallest absolute Gasteiger partial charge is 0.314 e. The van der Waals surface area contributed by atoms with Crippen LogP contribution in [0.15, 0.2) is 34.9 Å². The maximum Gasteiger partial charge on any atom is 0.314 e. The Labute approximate surface area is 147 Å². The second-order valence-electron chi connectivity index (χ2n) is 6.80. The van der Waals surface area contributed by atoms with Gasteiger partial charge in [-0.15, -0.1) is 0 Å². The third-order valence-corrected chi connectivity index (χ3v) is 4.31. The van der Waals surface area contributed by atoms with Crippen LogP contribution in [0.4, 0.5) is 4.79 Å². The van der Waals surface area contributed by atoms with Gasteiger partial charge in [-0.1, -0.05) is 56.3 Å². The number of benzene rings is 1. The molecule has 1 heterocycles. The Morgan fingerprint density at radius 2 is 1.92 bits per heavy atom. The van der Waals surface area contributed by atoms with E-state index in [1.807, 2.05) is 51.1 Å². The van der Waals surface area contributed by atoms with Crippen LogP contribution in [0.1, 0.15) is 39.5 Å². The summed E-state index contributed by atoms with van der Waals surface area (Å²) in [5, 5.41) is 19.5. The van der Waals surface area contributed by atoms with Gasteiger partial charge >= 0.3 is 6.03 Å². The number of aromatic nitrogens is 2. The molecular weight excluding hydrogens is 320 g/mol. The van der Waals surface area contributed by atoms with Crippen LogP contribution in [-0.2, 0) is 0 Å². The maximum absolute atomic E-state index is 11.9. The Kier molecular flexibility index (Phi) is 6.14. The van der Waals surface area contributed by atoms with Gasteiger partial charge in [-0.05, 0) is 12.8 Å².